The van der Waals surface area contributed by atoms with E-state index in [1.165, 1.54) is 12.4 Å². The van der Waals surface area contributed by atoms with Crippen LogP contribution in [0.3, 0.4) is 0 Å². The molecule has 5 heteroatoms. The molecule has 1 aliphatic carbocycles. The number of nitrogens with zero attached hydrogens (tertiary/aromatic N) is 2. The number of aldehydes is 1. The smallest absolute Gasteiger partial charge is 0.248 e. The second-order valence-corrected chi connectivity index (χ2v) is 3.79. The molecule has 0 saturated heterocycles. The van der Waals surface area contributed by atoms with E-state index in [9.17, 15) is 13.6 Å². The van der Waals surface area contributed by atoms with Gasteiger partial charge in [0.2, 0.25) is 5.92 Å². The van der Waals surface area contributed by atoms with E-state index in [0.29, 0.717) is 24.1 Å². The summed E-state index contributed by atoms with van der Waals surface area (Å²) < 4.78 is 25.8. The summed E-state index contributed by atoms with van der Waals surface area (Å²) >= 11 is 0. The van der Waals surface area contributed by atoms with Crippen molar-refractivity contribution in [3.05, 3.63) is 23.8 Å². The lowest BCUT2D eigenvalue weighted by molar-refractivity contribution is 0.00753. The fraction of sp³-hybridized carbons (Fsp3) is 0.500. The van der Waals surface area contributed by atoms with E-state index in [-0.39, 0.29) is 18.8 Å². The third kappa shape index (κ3) is 2.16. The molecule has 3 nitrogen and oxygen atoms in total. The van der Waals surface area contributed by atoms with E-state index in [2.05, 4.69) is 9.97 Å². The van der Waals surface area contributed by atoms with Gasteiger partial charge in [0.1, 0.15) is 5.82 Å². The van der Waals surface area contributed by atoms with Crippen LogP contribution in [0.5, 0.6) is 0 Å². The van der Waals surface area contributed by atoms with E-state index < -0.39 is 5.92 Å². The van der Waals surface area contributed by atoms with Gasteiger partial charge in [-0.2, -0.15) is 0 Å². The summed E-state index contributed by atoms with van der Waals surface area (Å²) in [6, 6.07) is 0. The summed E-state index contributed by atoms with van der Waals surface area (Å²) in [4.78, 5) is 18.2. The van der Waals surface area contributed by atoms with Crippen LogP contribution < -0.4 is 0 Å². The summed E-state index contributed by atoms with van der Waals surface area (Å²) in [5, 5.41) is 0. The van der Waals surface area contributed by atoms with Gasteiger partial charge in [-0.1, -0.05) is 0 Å². The molecule has 0 spiro atoms. The standard InChI is InChI=1S/C10H10F2N2O/c11-10(12)2-1-8(3-10)9-13-4-7(6-15)5-14-9/h4-6,8H,1-3H2. The van der Waals surface area contributed by atoms with Crippen molar-refractivity contribution in [2.24, 2.45) is 0 Å². The molecule has 2 rings (SSSR count). The lowest BCUT2D eigenvalue weighted by atomic mass is 10.1. The average Bonchev–Trinajstić information content (AvgIpc) is 2.59. The topological polar surface area (TPSA) is 42.9 Å². The van der Waals surface area contributed by atoms with Crippen LogP contribution in [0.4, 0.5) is 8.78 Å². The highest BCUT2D eigenvalue weighted by Gasteiger charge is 2.41. The van der Waals surface area contributed by atoms with E-state index in [0.717, 1.165) is 0 Å². The fourth-order valence-electron chi connectivity index (χ4n) is 1.79. The number of hydrogen-bond donors (Lipinski definition) is 0. The van der Waals surface area contributed by atoms with Gasteiger partial charge in [-0.3, -0.25) is 4.79 Å². The maximum absolute atomic E-state index is 12.9. The fourth-order valence-corrected chi connectivity index (χ4v) is 1.79. The first-order chi connectivity index (χ1) is 7.11. The zero-order chi connectivity index (χ0) is 10.9. The molecule has 0 N–H and O–H groups in total. The van der Waals surface area contributed by atoms with E-state index in [1.54, 1.807) is 0 Å². The minimum Gasteiger partial charge on any atom is -0.298 e. The van der Waals surface area contributed by atoms with Crippen molar-refractivity contribution in [2.45, 2.75) is 31.1 Å². The molecule has 0 radical (unpaired) electrons. The molecular formula is C10H10F2N2O. The predicted octanol–water partition coefficient (Wildman–Crippen LogP) is 2.19. The minimum absolute atomic E-state index is 0.101. The highest BCUT2D eigenvalue weighted by atomic mass is 19.3. The quantitative estimate of drug-likeness (QED) is 0.706. The van der Waals surface area contributed by atoms with Crippen LogP contribution in [0.25, 0.3) is 0 Å². The molecule has 0 bridgehead atoms. The van der Waals surface area contributed by atoms with E-state index in [1.807, 2.05) is 0 Å². The summed E-state index contributed by atoms with van der Waals surface area (Å²) in [7, 11) is 0. The number of alkyl halides is 2. The second kappa shape index (κ2) is 3.64. The number of rotatable bonds is 2. The second-order valence-electron chi connectivity index (χ2n) is 3.79. The van der Waals surface area contributed by atoms with Gasteiger partial charge in [-0.05, 0) is 6.42 Å². The molecule has 1 saturated carbocycles. The minimum atomic E-state index is -2.59. The lowest BCUT2D eigenvalue weighted by Gasteiger charge is -2.08. The van der Waals surface area contributed by atoms with E-state index >= 15 is 0 Å². The van der Waals surface area contributed by atoms with Crippen LogP contribution in [0.2, 0.25) is 0 Å². The third-order valence-electron chi connectivity index (χ3n) is 2.60. The molecule has 0 aliphatic heterocycles. The van der Waals surface area contributed by atoms with Crippen molar-refractivity contribution in [1.82, 2.24) is 9.97 Å². The van der Waals surface area contributed by atoms with Gasteiger partial charge in [0, 0.05) is 31.2 Å². The monoisotopic (exact) mass is 212 g/mol. The van der Waals surface area contributed by atoms with Crippen LogP contribution in [-0.2, 0) is 0 Å². The van der Waals surface area contributed by atoms with Crippen LogP contribution in [-0.4, -0.2) is 22.2 Å². The van der Waals surface area contributed by atoms with Crippen molar-refractivity contribution >= 4 is 6.29 Å². The van der Waals surface area contributed by atoms with Crippen LogP contribution in [0, 0.1) is 0 Å². The Morgan fingerprint density at radius 3 is 2.53 bits per heavy atom. The maximum Gasteiger partial charge on any atom is 0.248 e. The van der Waals surface area contributed by atoms with Gasteiger partial charge in [0.05, 0.1) is 5.56 Å². The van der Waals surface area contributed by atoms with Gasteiger partial charge in [0.15, 0.2) is 6.29 Å². The van der Waals surface area contributed by atoms with Gasteiger partial charge >= 0.3 is 0 Å². The Morgan fingerprint density at radius 2 is 2.07 bits per heavy atom. The Kier molecular flexibility index (Phi) is 2.46. The Labute approximate surface area is 85.5 Å². The molecule has 1 unspecified atom stereocenters. The summed E-state index contributed by atoms with van der Waals surface area (Å²) in [5.74, 6) is -2.45. The summed E-state index contributed by atoms with van der Waals surface area (Å²) in [6.45, 7) is 0. The average molecular weight is 212 g/mol. The molecule has 1 fully saturated rings. The molecule has 15 heavy (non-hydrogen) atoms. The largest absolute Gasteiger partial charge is 0.298 e. The van der Waals surface area contributed by atoms with Crippen LogP contribution in [0.15, 0.2) is 12.4 Å². The summed E-state index contributed by atoms with van der Waals surface area (Å²) in [5.41, 5.74) is 0.364. The number of halogens is 2. The highest BCUT2D eigenvalue weighted by molar-refractivity contribution is 5.73. The molecule has 1 aliphatic rings. The van der Waals surface area contributed by atoms with Crippen molar-refractivity contribution in [3.63, 3.8) is 0 Å². The highest BCUT2D eigenvalue weighted by Crippen LogP contribution is 2.42. The molecular weight excluding hydrogens is 202 g/mol. The zero-order valence-corrected chi connectivity index (χ0v) is 7.99. The van der Waals surface area contributed by atoms with Crippen LogP contribution >= 0.6 is 0 Å². The number of carbonyl (C=O) groups excluding carboxylic acids is 1. The Morgan fingerprint density at radius 1 is 1.40 bits per heavy atom. The van der Waals surface area contributed by atoms with Crippen molar-refractivity contribution in [1.29, 1.82) is 0 Å². The third-order valence-corrected chi connectivity index (χ3v) is 2.60. The molecule has 0 aromatic carbocycles. The molecule has 80 valence electrons. The first-order valence-electron chi connectivity index (χ1n) is 4.76. The van der Waals surface area contributed by atoms with Crippen molar-refractivity contribution in [2.75, 3.05) is 0 Å². The Bertz CT molecular complexity index is 364. The van der Waals surface area contributed by atoms with Gasteiger partial charge < -0.3 is 0 Å². The van der Waals surface area contributed by atoms with Crippen molar-refractivity contribution in [3.8, 4) is 0 Å². The normalized spacial score (nSPS) is 24.0. The lowest BCUT2D eigenvalue weighted by Crippen LogP contribution is -2.10. The Hall–Kier alpha value is -1.39. The number of carbonyl (C=O) groups is 1. The predicted molar refractivity (Wildman–Crippen MR) is 49.0 cm³/mol. The molecule has 1 aromatic heterocycles. The maximum atomic E-state index is 12.9. The van der Waals surface area contributed by atoms with Crippen molar-refractivity contribution < 1.29 is 13.6 Å². The molecule has 1 heterocycles. The number of hydrogen-bond acceptors (Lipinski definition) is 3. The zero-order valence-electron chi connectivity index (χ0n) is 7.99. The Balaban J connectivity index is 2.14. The SMILES string of the molecule is O=Cc1cnc(C2CCC(F)(F)C2)nc1. The van der Waals surface area contributed by atoms with Gasteiger partial charge in [0.25, 0.3) is 0 Å². The van der Waals surface area contributed by atoms with Gasteiger partial charge in [-0.15, -0.1) is 0 Å². The summed E-state index contributed by atoms with van der Waals surface area (Å²) in [6.07, 6.45) is 3.49. The molecule has 0 amide bonds. The van der Waals surface area contributed by atoms with Gasteiger partial charge in [-0.25, -0.2) is 18.7 Å². The first-order valence-corrected chi connectivity index (χ1v) is 4.76. The number of aromatic nitrogens is 2. The first kappa shape index (κ1) is 10.1. The molecule has 1 atom stereocenters. The van der Waals surface area contributed by atoms with Crippen LogP contribution in [0.1, 0.15) is 41.4 Å². The van der Waals surface area contributed by atoms with E-state index in [4.69, 9.17) is 0 Å². The molecule has 1 aromatic rings.